The molecule has 8 nitrogen and oxygen atoms in total. The predicted molar refractivity (Wildman–Crippen MR) is 148 cm³/mol. The van der Waals surface area contributed by atoms with Crippen LogP contribution in [0.15, 0.2) is 48.0 Å². The third-order valence-corrected chi connectivity index (χ3v) is 6.96. The Balaban J connectivity index is 2.06. The third-order valence-electron chi connectivity index (χ3n) is 6.96. The summed E-state index contributed by atoms with van der Waals surface area (Å²) in [6.07, 6.45) is 3.11. The highest BCUT2D eigenvalue weighted by atomic mass is 16.5. The lowest BCUT2D eigenvalue weighted by Gasteiger charge is -2.28. The summed E-state index contributed by atoms with van der Waals surface area (Å²) in [5.74, 6) is 0.176. The Bertz CT molecular complexity index is 1120. The number of benzene rings is 2. The number of hydrogen-bond acceptors (Lipinski definition) is 7. The molecule has 0 aliphatic carbocycles. The quantitative estimate of drug-likeness (QED) is 0.160. The monoisotopic (exact) mass is 524 g/mol. The second kappa shape index (κ2) is 13.9. The van der Waals surface area contributed by atoms with E-state index in [0.29, 0.717) is 48.1 Å². The van der Waals surface area contributed by atoms with Crippen molar-refractivity contribution in [3.05, 3.63) is 59.2 Å². The van der Waals surface area contributed by atoms with Crippen LogP contribution in [0.1, 0.15) is 57.2 Å². The summed E-state index contributed by atoms with van der Waals surface area (Å²) in [6, 6.07) is 11.4. The molecule has 0 aromatic heterocycles. The van der Waals surface area contributed by atoms with Gasteiger partial charge in [-0.2, -0.15) is 0 Å². The molecule has 38 heavy (non-hydrogen) atoms. The van der Waals surface area contributed by atoms with Crippen molar-refractivity contribution in [2.45, 2.75) is 46.1 Å². The fraction of sp³-hybridized carbons (Fsp3) is 0.467. The van der Waals surface area contributed by atoms with Gasteiger partial charge in [0, 0.05) is 18.7 Å². The van der Waals surface area contributed by atoms with Gasteiger partial charge in [0.2, 0.25) is 0 Å². The maximum Gasteiger partial charge on any atom is 0.295 e. The van der Waals surface area contributed by atoms with Crippen LogP contribution in [0.2, 0.25) is 0 Å². The van der Waals surface area contributed by atoms with Gasteiger partial charge in [-0.05, 0) is 61.5 Å². The Morgan fingerprint density at radius 3 is 2.26 bits per heavy atom. The minimum absolute atomic E-state index is 0.0541. The molecule has 1 N–H and O–H groups in total. The second-order valence-electron chi connectivity index (χ2n) is 9.21. The Kier molecular flexibility index (Phi) is 10.6. The molecule has 1 unspecified atom stereocenters. The molecule has 3 rings (SSSR count). The van der Waals surface area contributed by atoms with Gasteiger partial charge in [0.15, 0.2) is 11.5 Å². The number of likely N-dealkylation sites (tertiary alicyclic amines) is 1. The molecule has 8 heteroatoms. The van der Waals surface area contributed by atoms with Crippen molar-refractivity contribution in [3.8, 4) is 17.2 Å². The zero-order valence-electron chi connectivity index (χ0n) is 23.2. The highest BCUT2D eigenvalue weighted by Crippen LogP contribution is 2.42. The Labute approximate surface area is 225 Å². The first-order valence-corrected chi connectivity index (χ1v) is 13.4. The molecule has 1 heterocycles. The van der Waals surface area contributed by atoms with Crippen molar-refractivity contribution < 1.29 is 28.9 Å². The van der Waals surface area contributed by atoms with E-state index in [-0.39, 0.29) is 11.3 Å². The Hall–Kier alpha value is -3.52. The van der Waals surface area contributed by atoms with Crippen molar-refractivity contribution in [1.82, 2.24) is 9.80 Å². The number of rotatable bonds is 14. The first-order valence-electron chi connectivity index (χ1n) is 13.4. The van der Waals surface area contributed by atoms with E-state index in [9.17, 15) is 14.7 Å². The van der Waals surface area contributed by atoms with E-state index in [0.717, 1.165) is 32.4 Å². The van der Waals surface area contributed by atoms with E-state index >= 15 is 0 Å². The number of ether oxygens (including phenoxy) is 3. The molecule has 2 aromatic carbocycles. The number of aliphatic hydroxyl groups excluding tert-OH is 1. The van der Waals surface area contributed by atoms with Crippen LogP contribution in [0.25, 0.3) is 5.76 Å². The fourth-order valence-corrected chi connectivity index (χ4v) is 4.66. The van der Waals surface area contributed by atoms with Crippen LogP contribution in [0.3, 0.4) is 0 Å². The molecule has 206 valence electrons. The maximum absolute atomic E-state index is 13.3. The van der Waals surface area contributed by atoms with Gasteiger partial charge in [-0.1, -0.05) is 39.7 Å². The summed E-state index contributed by atoms with van der Waals surface area (Å²) in [5.41, 5.74) is 1.15. The standard InChI is InChI=1S/C30H40N2O6/c1-6-9-10-19-38-24-16-13-22(20-25(24)37-5)27-26(28(33)21-11-14-23(36-4)15-12-21)29(34)30(35)32(27)18-17-31(7-2)8-3/h11-16,20,27,33H,6-10,17-19H2,1-5H3/b28-26+. The van der Waals surface area contributed by atoms with E-state index in [4.69, 9.17) is 14.2 Å². The van der Waals surface area contributed by atoms with Gasteiger partial charge in [0.1, 0.15) is 11.5 Å². The molecule has 0 spiro atoms. The van der Waals surface area contributed by atoms with Crippen LogP contribution in [0.4, 0.5) is 0 Å². The second-order valence-corrected chi connectivity index (χ2v) is 9.21. The topological polar surface area (TPSA) is 88.5 Å². The van der Waals surface area contributed by atoms with Gasteiger partial charge in [-0.15, -0.1) is 0 Å². The van der Waals surface area contributed by atoms with Crippen LogP contribution in [-0.4, -0.2) is 73.6 Å². The van der Waals surface area contributed by atoms with E-state index in [1.165, 1.54) is 0 Å². The van der Waals surface area contributed by atoms with Gasteiger partial charge in [-0.3, -0.25) is 9.59 Å². The number of amides is 1. The number of unbranched alkanes of at least 4 members (excludes halogenated alkanes) is 2. The molecule has 1 saturated heterocycles. The number of carbonyl (C=O) groups is 2. The fourth-order valence-electron chi connectivity index (χ4n) is 4.66. The van der Waals surface area contributed by atoms with Crippen molar-refractivity contribution in [2.75, 3.05) is 47.0 Å². The molecule has 1 amide bonds. The lowest BCUT2D eigenvalue weighted by Crippen LogP contribution is -2.38. The molecule has 1 aliphatic rings. The summed E-state index contributed by atoms with van der Waals surface area (Å²) < 4.78 is 16.8. The van der Waals surface area contributed by atoms with E-state index in [2.05, 4.69) is 25.7 Å². The number of carbonyl (C=O) groups excluding carboxylic acids is 2. The lowest BCUT2D eigenvalue weighted by molar-refractivity contribution is -0.140. The number of methoxy groups -OCH3 is 2. The first-order chi connectivity index (χ1) is 18.4. The molecule has 1 atom stereocenters. The number of hydrogen-bond donors (Lipinski definition) is 1. The van der Waals surface area contributed by atoms with E-state index in [1.54, 1.807) is 55.5 Å². The number of Topliss-reactive ketones (excluding diaryl/α,β-unsaturated/α-hetero) is 1. The molecule has 0 bridgehead atoms. The zero-order chi connectivity index (χ0) is 27.7. The molecule has 0 saturated carbocycles. The maximum atomic E-state index is 13.3. The van der Waals surface area contributed by atoms with Crippen LogP contribution < -0.4 is 14.2 Å². The average Bonchev–Trinajstić information content (AvgIpc) is 3.20. The van der Waals surface area contributed by atoms with Crippen LogP contribution in [0.5, 0.6) is 17.2 Å². The van der Waals surface area contributed by atoms with Gasteiger partial charge in [0.25, 0.3) is 11.7 Å². The number of aliphatic hydroxyl groups is 1. The summed E-state index contributed by atoms with van der Waals surface area (Å²) in [5, 5.41) is 11.3. The van der Waals surface area contributed by atoms with Crippen molar-refractivity contribution in [2.24, 2.45) is 0 Å². The summed E-state index contributed by atoms with van der Waals surface area (Å²) in [6.45, 7) is 9.43. The molecular weight excluding hydrogens is 484 g/mol. The summed E-state index contributed by atoms with van der Waals surface area (Å²) in [4.78, 5) is 30.4. The van der Waals surface area contributed by atoms with Crippen LogP contribution >= 0.6 is 0 Å². The van der Waals surface area contributed by atoms with Crippen LogP contribution in [-0.2, 0) is 9.59 Å². The zero-order valence-corrected chi connectivity index (χ0v) is 23.2. The van der Waals surface area contributed by atoms with Crippen molar-refractivity contribution in [1.29, 1.82) is 0 Å². The third kappa shape index (κ3) is 6.48. The minimum Gasteiger partial charge on any atom is -0.507 e. The van der Waals surface area contributed by atoms with E-state index < -0.39 is 17.7 Å². The minimum atomic E-state index is -0.768. The normalized spacial score (nSPS) is 16.8. The number of ketones is 1. The predicted octanol–water partition coefficient (Wildman–Crippen LogP) is 5.04. The number of nitrogens with zero attached hydrogens (tertiary/aromatic N) is 2. The van der Waals surface area contributed by atoms with Gasteiger partial charge in [-0.25, -0.2) is 0 Å². The highest BCUT2D eigenvalue weighted by molar-refractivity contribution is 6.46. The average molecular weight is 525 g/mol. The molecule has 0 radical (unpaired) electrons. The molecule has 1 fully saturated rings. The highest BCUT2D eigenvalue weighted by Gasteiger charge is 2.46. The van der Waals surface area contributed by atoms with Gasteiger partial charge >= 0.3 is 0 Å². The molecular formula is C30H40N2O6. The first kappa shape index (κ1) is 29.0. The van der Waals surface area contributed by atoms with Crippen molar-refractivity contribution in [3.63, 3.8) is 0 Å². The summed E-state index contributed by atoms with van der Waals surface area (Å²) in [7, 11) is 3.12. The summed E-state index contributed by atoms with van der Waals surface area (Å²) >= 11 is 0. The Morgan fingerprint density at radius 1 is 0.947 bits per heavy atom. The molecule has 2 aromatic rings. The smallest absolute Gasteiger partial charge is 0.295 e. The molecule has 1 aliphatic heterocycles. The SMILES string of the molecule is CCCCCOc1ccc(C2/C(=C(\O)c3ccc(OC)cc3)C(=O)C(=O)N2CCN(CC)CC)cc1OC. The van der Waals surface area contributed by atoms with E-state index in [1.807, 2.05) is 6.07 Å². The largest absolute Gasteiger partial charge is 0.507 e. The Morgan fingerprint density at radius 2 is 1.66 bits per heavy atom. The lowest BCUT2D eigenvalue weighted by atomic mass is 9.95. The van der Waals surface area contributed by atoms with Gasteiger partial charge in [0.05, 0.1) is 32.4 Å². The van der Waals surface area contributed by atoms with Crippen LogP contribution in [0, 0.1) is 0 Å². The van der Waals surface area contributed by atoms with Gasteiger partial charge < -0.3 is 29.1 Å². The van der Waals surface area contributed by atoms with Crippen molar-refractivity contribution >= 4 is 17.4 Å². The number of likely N-dealkylation sites (N-methyl/N-ethyl adjacent to an activating group) is 1.